The van der Waals surface area contributed by atoms with Crippen LogP contribution in [0.4, 0.5) is 0 Å². The van der Waals surface area contributed by atoms with Gasteiger partial charge in [0.25, 0.3) is 0 Å². The Kier molecular flexibility index (Phi) is 8.44. The van der Waals surface area contributed by atoms with Crippen molar-refractivity contribution in [3.63, 3.8) is 0 Å². The number of likely N-dealkylation sites (N-methyl/N-ethyl adjacent to an activating group) is 2. The van der Waals surface area contributed by atoms with Crippen LogP contribution in [0, 0.1) is 24.2 Å². The zero-order valence-corrected chi connectivity index (χ0v) is 16.7. The number of likely N-dealkylation sites (tertiary alicyclic amines) is 1. The predicted molar refractivity (Wildman–Crippen MR) is 102 cm³/mol. The van der Waals surface area contributed by atoms with E-state index in [2.05, 4.69) is 16.1 Å². The highest BCUT2D eigenvalue weighted by Crippen LogP contribution is 2.18. The molecule has 1 heterocycles. The molecule has 0 spiro atoms. The first-order valence-electron chi connectivity index (χ1n) is 9.47. The molecule has 1 saturated heterocycles. The van der Waals surface area contributed by atoms with Gasteiger partial charge in [-0.05, 0) is 38.3 Å². The number of rotatable bonds is 7. The molecule has 1 aliphatic rings. The molecule has 0 aromatic heterocycles. The van der Waals surface area contributed by atoms with Gasteiger partial charge in [-0.15, -0.1) is 6.42 Å². The molecule has 2 amide bonds. The topological polar surface area (TPSA) is 52.7 Å². The SMILES string of the molecule is C#C[C@H](C(C)C)N(C)C(=O)[C@@H](NC(=O)[C@H]1CCCCN1C)[C@@H](C)CC. The van der Waals surface area contributed by atoms with Gasteiger partial charge < -0.3 is 10.2 Å². The molecule has 142 valence electrons. The first kappa shape index (κ1) is 21.5. The van der Waals surface area contributed by atoms with Gasteiger partial charge >= 0.3 is 0 Å². The standard InChI is InChI=1S/C20H35N3O2/c1-8-15(5)18(20(25)23(7)16(9-2)14(3)4)21-19(24)17-12-10-11-13-22(17)6/h2,14-18H,8,10-13H2,1,3-7H3,(H,21,24)/t15-,16+,17+,18-/m0/s1. The molecule has 1 N–H and O–H groups in total. The Balaban J connectivity index is 2.91. The second kappa shape index (κ2) is 9.82. The monoisotopic (exact) mass is 349 g/mol. The number of carbonyl (C=O) groups is 2. The summed E-state index contributed by atoms with van der Waals surface area (Å²) < 4.78 is 0. The van der Waals surface area contributed by atoms with Crippen molar-refractivity contribution in [1.82, 2.24) is 15.1 Å². The van der Waals surface area contributed by atoms with E-state index < -0.39 is 6.04 Å². The van der Waals surface area contributed by atoms with Gasteiger partial charge in [-0.25, -0.2) is 0 Å². The van der Waals surface area contributed by atoms with Crippen molar-refractivity contribution in [2.24, 2.45) is 11.8 Å². The fourth-order valence-electron chi connectivity index (χ4n) is 3.45. The second-order valence-electron chi connectivity index (χ2n) is 7.67. The average molecular weight is 350 g/mol. The lowest BCUT2D eigenvalue weighted by molar-refractivity contribution is -0.139. The van der Waals surface area contributed by atoms with E-state index in [9.17, 15) is 9.59 Å². The van der Waals surface area contributed by atoms with Crippen LogP contribution >= 0.6 is 0 Å². The Morgan fingerprint density at radius 1 is 1.32 bits per heavy atom. The van der Waals surface area contributed by atoms with Crippen LogP contribution in [-0.2, 0) is 9.59 Å². The van der Waals surface area contributed by atoms with E-state index in [1.165, 1.54) is 0 Å². The third kappa shape index (κ3) is 5.47. The van der Waals surface area contributed by atoms with E-state index in [4.69, 9.17) is 6.42 Å². The maximum absolute atomic E-state index is 13.1. The summed E-state index contributed by atoms with van der Waals surface area (Å²) in [5, 5.41) is 3.03. The summed E-state index contributed by atoms with van der Waals surface area (Å²) >= 11 is 0. The van der Waals surface area contributed by atoms with Gasteiger partial charge in [0.05, 0.1) is 12.1 Å². The number of piperidine rings is 1. The van der Waals surface area contributed by atoms with Gasteiger partial charge in [-0.3, -0.25) is 14.5 Å². The molecule has 0 saturated carbocycles. The van der Waals surface area contributed by atoms with Gasteiger partial charge in [0.15, 0.2) is 0 Å². The van der Waals surface area contributed by atoms with Crippen LogP contribution in [0.1, 0.15) is 53.4 Å². The molecule has 0 aliphatic carbocycles. The van der Waals surface area contributed by atoms with Crippen molar-refractivity contribution in [1.29, 1.82) is 0 Å². The summed E-state index contributed by atoms with van der Waals surface area (Å²) in [7, 11) is 3.71. The normalized spacial score (nSPS) is 21.9. The highest BCUT2D eigenvalue weighted by atomic mass is 16.2. The smallest absolute Gasteiger partial charge is 0.246 e. The van der Waals surface area contributed by atoms with Gasteiger partial charge in [0.2, 0.25) is 11.8 Å². The Hall–Kier alpha value is -1.54. The minimum absolute atomic E-state index is 0.0453. The van der Waals surface area contributed by atoms with Gasteiger partial charge in [0, 0.05) is 7.05 Å². The maximum Gasteiger partial charge on any atom is 0.246 e. The summed E-state index contributed by atoms with van der Waals surface area (Å²) in [5.41, 5.74) is 0. The molecular weight excluding hydrogens is 314 g/mol. The molecule has 4 atom stereocenters. The molecular formula is C20H35N3O2. The number of amides is 2. The quantitative estimate of drug-likeness (QED) is 0.716. The van der Waals surface area contributed by atoms with Gasteiger partial charge in [0.1, 0.15) is 6.04 Å². The average Bonchev–Trinajstić information content (AvgIpc) is 2.58. The van der Waals surface area contributed by atoms with Crippen molar-refractivity contribution < 1.29 is 9.59 Å². The number of hydrogen-bond acceptors (Lipinski definition) is 3. The largest absolute Gasteiger partial charge is 0.343 e. The zero-order valence-electron chi connectivity index (χ0n) is 16.7. The number of terminal acetylenes is 1. The minimum atomic E-state index is -0.535. The van der Waals surface area contributed by atoms with Crippen LogP contribution in [0.3, 0.4) is 0 Å². The van der Waals surface area contributed by atoms with Crippen LogP contribution in [0.15, 0.2) is 0 Å². The molecule has 1 fully saturated rings. The lowest BCUT2D eigenvalue weighted by Gasteiger charge is -2.36. The third-order valence-corrected chi connectivity index (χ3v) is 5.42. The third-order valence-electron chi connectivity index (χ3n) is 5.42. The van der Waals surface area contributed by atoms with Crippen LogP contribution in [0.25, 0.3) is 0 Å². The Morgan fingerprint density at radius 3 is 2.44 bits per heavy atom. The van der Waals surface area contributed by atoms with Crippen LogP contribution in [0.2, 0.25) is 0 Å². The first-order chi connectivity index (χ1) is 11.7. The van der Waals surface area contributed by atoms with Crippen molar-refractivity contribution in [3.05, 3.63) is 0 Å². The Labute approximate surface area is 153 Å². The lowest BCUT2D eigenvalue weighted by Crippen LogP contribution is -2.57. The van der Waals surface area contributed by atoms with Crippen molar-refractivity contribution in [2.75, 3.05) is 20.6 Å². The zero-order chi connectivity index (χ0) is 19.1. The molecule has 1 rings (SSSR count). The van der Waals surface area contributed by atoms with Crippen LogP contribution in [-0.4, -0.2) is 60.4 Å². The first-order valence-corrected chi connectivity index (χ1v) is 9.47. The minimum Gasteiger partial charge on any atom is -0.343 e. The van der Waals surface area contributed by atoms with Crippen molar-refractivity contribution in [3.8, 4) is 12.3 Å². The summed E-state index contributed by atoms with van der Waals surface area (Å²) in [6.07, 6.45) is 9.45. The molecule has 25 heavy (non-hydrogen) atoms. The Bertz CT molecular complexity index is 498. The van der Waals surface area contributed by atoms with E-state index in [-0.39, 0.29) is 35.7 Å². The number of nitrogens with one attached hydrogen (secondary N) is 1. The number of hydrogen-bond donors (Lipinski definition) is 1. The highest BCUT2D eigenvalue weighted by molar-refractivity contribution is 5.90. The fourth-order valence-corrected chi connectivity index (χ4v) is 3.45. The summed E-state index contributed by atoms with van der Waals surface area (Å²) in [5.74, 6) is 2.78. The van der Waals surface area contributed by atoms with Gasteiger partial charge in [-0.2, -0.15) is 0 Å². The van der Waals surface area contributed by atoms with E-state index in [1.54, 1.807) is 11.9 Å². The predicted octanol–water partition coefficient (Wildman–Crippen LogP) is 2.12. The molecule has 0 aromatic carbocycles. The molecule has 5 nitrogen and oxygen atoms in total. The summed E-state index contributed by atoms with van der Waals surface area (Å²) in [6, 6.07) is -0.951. The molecule has 0 unspecified atom stereocenters. The second-order valence-corrected chi connectivity index (χ2v) is 7.67. The number of nitrogens with zero attached hydrogens (tertiary/aromatic N) is 2. The van der Waals surface area contributed by atoms with E-state index in [0.717, 1.165) is 32.2 Å². The Morgan fingerprint density at radius 2 is 1.96 bits per heavy atom. The fraction of sp³-hybridized carbons (Fsp3) is 0.800. The van der Waals surface area contributed by atoms with Crippen LogP contribution in [0.5, 0.6) is 0 Å². The number of carbonyl (C=O) groups excluding carboxylic acids is 2. The molecule has 5 heteroatoms. The highest BCUT2D eigenvalue weighted by Gasteiger charge is 2.34. The molecule has 1 aliphatic heterocycles. The van der Waals surface area contributed by atoms with Crippen LogP contribution < -0.4 is 5.32 Å². The van der Waals surface area contributed by atoms with E-state index in [0.29, 0.717) is 0 Å². The molecule has 0 radical (unpaired) electrons. The van der Waals surface area contributed by atoms with Crippen molar-refractivity contribution in [2.45, 2.75) is 71.5 Å². The van der Waals surface area contributed by atoms with Crippen molar-refractivity contribution >= 4 is 11.8 Å². The molecule has 0 aromatic rings. The van der Waals surface area contributed by atoms with E-state index >= 15 is 0 Å². The molecule has 0 bridgehead atoms. The lowest BCUT2D eigenvalue weighted by atomic mass is 9.94. The maximum atomic E-state index is 13.1. The van der Waals surface area contributed by atoms with E-state index in [1.807, 2.05) is 34.7 Å². The summed E-state index contributed by atoms with van der Waals surface area (Å²) in [4.78, 5) is 29.5. The van der Waals surface area contributed by atoms with Gasteiger partial charge in [-0.1, -0.05) is 46.5 Å². The summed E-state index contributed by atoms with van der Waals surface area (Å²) in [6.45, 7) is 8.96.